The van der Waals surface area contributed by atoms with Gasteiger partial charge in [0.1, 0.15) is 0 Å². The fourth-order valence-electron chi connectivity index (χ4n) is 5.89. The third-order valence-electron chi connectivity index (χ3n) is 7.58. The summed E-state index contributed by atoms with van der Waals surface area (Å²) in [5.41, 5.74) is 0.798. The van der Waals surface area contributed by atoms with E-state index in [1.54, 1.807) is 28.6 Å². The lowest BCUT2D eigenvalue weighted by Crippen LogP contribution is -2.45. The minimum absolute atomic E-state index is 0.124. The Hall–Kier alpha value is -2.57. The predicted molar refractivity (Wildman–Crippen MR) is 155 cm³/mol. The number of nitrogens with zero attached hydrogens (tertiary/aromatic N) is 3. The van der Waals surface area contributed by atoms with E-state index in [2.05, 4.69) is 20.5 Å². The molecule has 2 fully saturated rings. The predicted octanol–water partition coefficient (Wildman–Crippen LogP) is 4.80. The van der Waals surface area contributed by atoms with Crippen LogP contribution in [0.2, 0.25) is 5.02 Å². The third kappa shape index (κ3) is 5.97. The molecule has 1 aromatic heterocycles. The van der Waals surface area contributed by atoms with Crippen LogP contribution in [0.1, 0.15) is 40.0 Å². The molecule has 5 rings (SSSR count). The summed E-state index contributed by atoms with van der Waals surface area (Å²) < 4.78 is 29.6. The van der Waals surface area contributed by atoms with E-state index in [9.17, 15) is 18.0 Å². The van der Waals surface area contributed by atoms with Crippen molar-refractivity contribution in [1.29, 1.82) is 0 Å². The van der Waals surface area contributed by atoms with Crippen LogP contribution in [0.4, 0.5) is 10.8 Å². The number of aromatic nitrogens is 1. The van der Waals surface area contributed by atoms with Crippen molar-refractivity contribution < 1.29 is 18.0 Å². The number of carbonyl (C=O) groups is 2. The molecule has 0 radical (unpaired) electrons. The number of thiazole rings is 1. The van der Waals surface area contributed by atoms with Gasteiger partial charge in [-0.05, 0) is 88.0 Å². The number of halogens is 1. The van der Waals surface area contributed by atoms with Crippen LogP contribution in [0.25, 0.3) is 10.2 Å². The van der Waals surface area contributed by atoms with Crippen molar-refractivity contribution in [3.05, 3.63) is 47.5 Å². The van der Waals surface area contributed by atoms with E-state index in [-0.39, 0.29) is 28.7 Å². The van der Waals surface area contributed by atoms with Gasteiger partial charge in [-0.25, -0.2) is 13.4 Å². The average molecular weight is 590 g/mol. The maximum atomic E-state index is 13.5. The Kier molecular flexibility index (Phi) is 7.49. The zero-order valence-corrected chi connectivity index (χ0v) is 24.5. The first-order valence-corrected chi connectivity index (χ1v) is 15.5. The third-order valence-corrected chi connectivity index (χ3v) is 10.8. The first kappa shape index (κ1) is 28.0. The quantitative estimate of drug-likeness (QED) is 0.427. The van der Waals surface area contributed by atoms with Crippen molar-refractivity contribution in [3.8, 4) is 0 Å². The summed E-state index contributed by atoms with van der Waals surface area (Å²) in [7, 11) is -3.69. The summed E-state index contributed by atoms with van der Waals surface area (Å²) in [5.74, 6) is -0.281. The van der Waals surface area contributed by atoms with Gasteiger partial charge in [-0.2, -0.15) is 4.31 Å². The SMILES string of the molecule is CC(=O)Nc1ccc2nc(NC(=O)CN3CCC4(CC3)CN(S(=O)(=O)c3cccc(Cl)c3)C(C)(C)C4)sc2c1. The van der Waals surface area contributed by atoms with Crippen LogP contribution in [0.5, 0.6) is 0 Å². The number of sulfonamides is 1. The van der Waals surface area contributed by atoms with Gasteiger partial charge in [0.25, 0.3) is 0 Å². The normalized spacial score (nSPS) is 19.4. The smallest absolute Gasteiger partial charge is 0.243 e. The molecular weight excluding hydrogens is 558 g/mol. The minimum Gasteiger partial charge on any atom is -0.326 e. The molecular formula is C27H32ClN5O4S2. The summed E-state index contributed by atoms with van der Waals surface area (Å²) in [6.45, 7) is 7.57. The summed E-state index contributed by atoms with van der Waals surface area (Å²) in [5, 5.41) is 6.57. The Morgan fingerprint density at radius 3 is 2.54 bits per heavy atom. The van der Waals surface area contributed by atoms with Crippen LogP contribution in [0.15, 0.2) is 47.4 Å². The number of amides is 2. The minimum atomic E-state index is -3.69. The molecule has 2 amide bonds. The first-order valence-electron chi connectivity index (χ1n) is 12.8. The second kappa shape index (κ2) is 10.4. The summed E-state index contributed by atoms with van der Waals surface area (Å²) >= 11 is 7.45. The Morgan fingerprint density at radius 2 is 1.85 bits per heavy atom. The maximum absolute atomic E-state index is 13.5. The summed E-state index contributed by atoms with van der Waals surface area (Å²) in [6, 6.07) is 11.9. The molecule has 3 heterocycles. The van der Waals surface area contributed by atoms with E-state index in [0.29, 0.717) is 35.5 Å². The van der Waals surface area contributed by atoms with Crippen molar-refractivity contribution in [1.82, 2.24) is 14.2 Å². The second-order valence-corrected chi connectivity index (χ2v) is 14.5. The van der Waals surface area contributed by atoms with Crippen molar-refractivity contribution >= 4 is 65.8 Å². The number of nitrogens with one attached hydrogen (secondary N) is 2. The average Bonchev–Trinajstić information content (AvgIpc) is 3.37. The van der Waals surface area contributed by atoms with Crippen LogP contribution in [-0.4, -0.2) is 66.1 Å². The Morgan fingerprint density at radius 1 is 1.10 bits per heavy atom. The van der Waals surface area contributed by atoms with Crippen LogP contribution >= 0.6 is 22.9 Å². The lowest BCUT2D eigenvalue weighted by molar-refractivity contribution is -0.118. The largest absolute Gasteiger partial charge is 0.326 e. The number of hydrogen-bond acceptors (Lipinski definition) is 7. The molecule has 2 aliphatic heterocycles. The fraction of sp³-hybridized carbons (Fsp3) is 0.444. The summed E-state index contributed by atoms with van der Waals surface area (Å²) in [6.07, 6.45) is 2.41. The van der Waals surface area contributed by atoms with Crippen LogP contribution < -0.4 is 10.6 Å². The lowest BCUT2D eigenvalue weighted by Gasteiger charge is -2.39. The fourth-order valence-corrected chi connectivity index (χ4v) is 9.00. The van der Waals surface area contributed by atoms with Crippen LogP contribution in [0.3, 0.4) is 0 Å². The highest BCUT2D eigenvalue weighted by molar-refractivity contribution is 7.89. The standard InChI is InChI=1S/C27H32ClN5O4S2/c1-18(34)29-20-7-8-22-23(14-20)38-25(30-22)31-24(35)15-32-11-9-27(10-12-32)16-26(2,3)33(17-27)39(36,37)21-6-4-5-19(28)13-21/h4-8,13-14H,9-12,15-17H2,1-3H3,(H,29,34)(H,30,31,35). The lowest BCUT2D eigenvalue weighted by atomic mass is 9.74. The van der Waals surface area contributed by atoms with Crippen LogP contribution in [-0.2, 0) is 19.6 Å². The van der Waals surface area contributed by atoms with Crippen LogP contribution in [0, 0.1) is 5.41 Å². The molecule has 0 bridgehead atoms. The molecule has 3 aromatic rings. The number of rotatable bonds is 6. The van der Waals surface area contributed by atoms with Gasteiger partial charge in [-0.1, -0.05) is 29.0 Å². The van der Waals surface area contributed by atoms with Crippen molar-refractivity contribution in [3.63, 3.8) is 0 Å². The van der Waals surface area contributed by atoms with Gasteiger partial charge in [0.2, 0.25) is 21.8 Å². The van der Waals surface area contributed by atoms with Crippen molar-refractivity contribution in [2.75, 3.05) is 36.8 Å². The Balaban J connectivity index is 1.19. The van der Waals surface area contributed by atoms with Gasteiger partial charge in [0.05, 0.1) is 21.7 Å². The Labute approximate surface area is 237 Å². The molecule has 12 heteroatoms. The topological polar surface area (TPSA) is 112 Å². The molecule has 2 saturated heterocycles. The molecule has 1 spiro atoms. The first-order chi connectivity index (χ1) is 18.3. The van der Waals surface area contributed by atoms with E-state index in [0.717, 1.165) is 29.5 Å². The number of anilines is 2. The molecule has 0 atom stereocenters. The van der Waals surface area contributed by atoms with Crippen molar-refractivity contribution in [2.24, 2.45) is 5.41 Å². The number of piperidine rings is 1. The molecule has 9 nitrogen and oxygen atoms in total. The molecule has 2 aromatic carbocycles. The van der Waals surface area contributed by atoms with E-state index in [1.807, 2.05) is 26.0 Å². The maximum Gasteiger partial charge on any atom is 0.243 e. The van der Waals surface area contributed by atoms with Gasteiger partial charge in [-0.15, -0.1) is 0 Å². The number of likely N-dealkylation sites (tertiary alicyclic amines) is 1. The number of hydrogen-bond donors (Lipinski definition) is 2. The highest BCUT2D eigenvalue weighted by Gasteiger charge is 2.53. The number of fused-ring (bicyclic) bond motifs is 1. The van der Waals surface area contributed by atoms with Gasteiger partial charge in [0.15, 0.2) is 5.13 Å². The molecule has 2 N–H and O–H groups in total. The zero-order chi connectivity index (χ0) is 28.0. The van der Waals surface area contributed by atoms with E-state index in [1.165, 1.54) is 24.3 Å². The van der Waals surface area contributed by atoms with E-state index < -0.39 is 15.6 Å². The highest BCUT2D eigenvalue weighted by Crippen LogP contribution is 2.50. The second-order valence-electron chi connectivity index (χ2n) is 11.2. The monoisotopic (exact) mass is 589 g/mol. The Bertz CT molecular complexity index is 1530. The molecule has 208 valence electrons. The molecule has 0 aliphatic carbocycles. The van der Waals surface area contributed by atoms with Gasteiger partial charge >= 0.3 is 0 Å². The molecule has 39 heavy (non-hydrogen) atoms. The van der Waals surface area contributed by atoms with E-state index in [4.69, 9.17) is 11.6 Å². The zero-order valence-electron chi connectivity index (χ0n) is 22.2. The van der Waals surface area contributed by atoms with Gasteiger partial charge in [0, 0.05) is 29.7 Å². The molecule has 0 saturated carbocycles. The van der Waals surface area contributed by atoms with Gasteiger partial charge in [-0.3, -0.25) is 14.5 Å². The van der Waals surface area contributed by atoms with Gasteiger partial charge < -0.3 is 10.6 Å². The summed E-state index contributed by atoms with van der Waals surface area (Å²) in [4.78, 5) is 30.9. The van der Waals surface area contributed by atoms with Crippen molar-refractivity contribution in [2.45, 2.75) is 50.5 Å². The molecule has 2 aliphatic rings. The van der Waals surface area contributed by atoms with E-state index >= 15 is 0 Å². The highest BCUT2D eigenvalue weighted by atomic mass is 35.5. The molecule has 0 unspecified atom stereocenters. The number of carbonyl (C=O) groups excluding carboxylic acids is 2. The number of benzene rings is 2.